The molecule has 5 heteroatoms. The molecule has 1 amide bonds. The molecule has 5 nitrogen and oxygen atoms in total. The van der Waals surface area contributed by atoms with Gasteiger partial charge in [-0.2, -0.15) is 0 Å². The highest BCUT2D eigenvalue weighted by Gasteiger charge is 2.36. The average Bonchev–Trinajstić information content (AvgIpc) is 2.68. The zero-order chi connectivity index (χ0) is 19.1. The van der Waals surface area contributed by atoms with Crippen molar-refractivity contribution >= 4 is 5.91 Å². The number of carbonyl (C=O) groups excluding carboxylic acids is 1. The van der Waals surface area contributed by atoms with Crippen LogP contribution in [0.1, 0.15) is 57.9 Å². The Labute approximate surface area is 164 Å². The minimum Gasteiger partial charge on any atom is -0.353 e. The van der Waals surface area contributed by atoms with E-state index in [-0.39, 0.29) is 5.91 Å². The van der Waals surface area contributed by atoms with E-state index in [4.69, 9.17) is 0 Å². The standard InChI is InChI=1S/C22H36N4O/c1-3-20(4-2)25-22(27)9-5-8-21-19-11-18(13-24-21)15-26(16-19)14-17-7-6-10-23-12-17/h6-7,10,12,18-21,24H,3-5,8-9,11,13-16H2,1-2H3,(H,25,27)/t18-,19+,21+/m0/s1. The fourth-order valence-electron chi connectivity index (χ4n) is 4.76. The van der Waals surface area contributed by atoms with E-state index < -0.39 is 0 Å². The van der Waals surface area contributed by atoms with Crippen LogP contribution in [0.3, 0.4) is 0 Å². The van der Waals surface area contributed by atoms with Gasteiger partial charge < -0.3 is 10.6 Å². The molecule has 0 spiro atoms. The first-order chi connectivity index (χ1) is 13.2. The topological polar surface area (TPSA) is 57.3 Å². The number of aromatic nitrogens is 1. The van der Waals surface area contributed by atoms with Crippen molar-refractivity contribution in [2.24, 2.45) is 11.8 Å². The maximum Gasteiger partial charge on any atom is 0.220 e. The molecular formula is C22H36N4O. The van der Waals surface area contributed by atoms with Gasteiger partial charge in [0, 0.05) is 50.5 Å². The molecule has 2 N–H and O–H groups in total. The molecule has 0 unspecified atom stereocenters. The number of amides is 1. The Morgan fingerprint density at radius 1 is 1.37 bits per heavy atom. The van der Waals surface area contributed by atoms with Gasteiger partial charge in [0.2, 0.25) is 5.91 Å². The Morgan fingerprint density at radius 2 is 2.22 bits per heavy atom. The average molecular weight is 373 g/mol. The van der Waals surface area contributed by atoms with Crippen LogP contribution in [0, 0.1) is 11.8 Å². The van der Waals surface area contributed by atoms with Gasteiger partial charge in [0.25, 0.3) is 0 Å². The number of pyridine rings is 1. The summed E-state index contributed by atoms with van der Waals surface area (Å²) in [6.45, 7) is 8.73. The molecule has 27 heavy (non-hydrogen) atoms. The van der Waals surface area contributed by atoms with Gasteiger partial charge in [-0.25, -0.2) is 0 Å². The Bertz CT molecular complexity index is 575. The van der Waals surface area contributed by atoms with E-state index in [0.717, 1.165) is 51.2 Å². The van der Waals surface area contributed by atoms with Crippen LogP contribution in [0.5, 0.6) is 0 Å². The number of piperidine rings is 2. The minimum absolute atomic E-state index is 0.222. The molecule has 2 fully saturated rings. The molecule has 3 rings (SSSR count). The molecule has 2 aliphatic rings. The second-order valence-electron chi connectivity index (χ2n) is 8.41. The summed E-state index contributed by atoms with van der Waals surface area (Å²) in [5.74, 6) is 1.69. The van der Waals surface area contributed by atoms with Crippen LogP contribution in [0.25, 0.3) is 0 Å². The van der Waals surface area contributed by atoms with Crippen molar-refractivity contribution in [3.8, 4) is 0 Å². The van der Waals surface area contributed by atoms with E-state index in [0.29, 0.717) is 24.4 Å². The van der Waals surface area contributed by atoms with E-state index >= 15 is 0 Å². The van der Waals surface area contributed by atoms with Crippen molar-refractivity contribution in [2.75, 3.05) is 19.6 Å². The van der Waals surface area contributed by atoms with Gasteiger partial charge >= 0.3 is 0 Å². The van der Waals surface area contributed by atoms with Crippen LogP contribution in [0.4, 0.5) is 0 Å². The molecule has 3 heterocycles. The molecule has 1 aromatic heterocycles. The van der Waals surface area contributed by atoms with Crippen molar-refractivity contribution in [1.29, 1.82) is 0 Å². The van der Waals surface area contributed by atoms with Gasteiger partial charge in [0.1, 0.15) is 0 Å². The first-order valence-corrected chi connectivity index (χ1v) is 10.8. The van der Waals surface area contributed by atoms with Crippen molar-refractivity contribution in [2.45, 2.75) is 71.0 Å². The van der Waals surface area contributed by atoms with Crippen LogP contribution in [0.2, 0.25) is 0 Å². The molecule has 150 valence electrons. The number of rotatable bonds is 9. The number of carbonyl (C=O) groups is 1. The predicted molar refractivity (Wildman–Crippen MR) is 109 cm³/mol. The number of hydrogen-bond donors (Lipinski definition) is 2. The maximum atomic E-state index is 12.1. The highest BCUT2D eigenvalue weighted by Crippen LogP contribution is 2.31. The van der Waals surface area contributed by atoms with E-state index in [1.54, 1.807) is 0 Å². The molecule has 0 aliphatic carbocycles. The third-order valence-electron chi connectivity index (χ3n) is 6.28. The molecule has 0 radical (unpaired) electrons. The fourth-order valence-corrected chi connectivity index (χ4v) is 4.76. The van der Waals surface area contributed by atoms with E-state index in [1.807, 2.05) is 18.5 Å². The third kappa shape index (κ3) is 6.01. The Balaban J connectivity index is 1.43. The summed E-state index contributed by atoms with van der Waals surface area (Å²) in [6.07, 6.45) is 9.94. The number of nitrogens with one attached hydrogen (secondary N) is 2. The van der Waals surface area contributed by atoms with Crippen molar-refractivity contribution in [1.82, 2.24) is 20.5 Å². The first kappa shape index (κ1) is 20.3. The molecule has 2 bridgehead atoms. The third-order valence-corrected chi connectivity index (χ3v) is 6.28. The van der Waals surface area contributed by atoms with E-state index in [2.05, 4.69) is 40.4 Å². The van der Waals surface area contributed by atoms with Gasteiger partial charge in [-0.3, -0.25) is 14.7 Å². The summed E-state index contributed by atoms with van der Waals surface area (Å²) in [5, 5.41) is 6.93. The zero-order valence-electron chi connectivity index (χ0n) is 17.0. The summed E-state index contributed by atoms with van der Waals surface area (Å²) in [7, 11) is 0. The molecule has 2 aliphatic heterocycles. The van der Waals surface area contributed by atoms with Crippen LogP contribution >= 0.6 is 0 Å². The Kier molecular flexibility index (Phi) is 7.65. The summed E-state index contributed by atoms with van der Waals surface area (Å²) < 4.78 is 0. The number of likely N-dealkylation sites (tertiary alicyclic amines) is 1. The van der Waals surface area contributed by atoms with Crippen molar-refractivity contribution in [3.63, 3.8) is 0 Å². The minimum atomic E-state index is 0.222. The lowest BCUT2D eigenvalue weighted by atomic mass is 9.79. The van der Waals surface area contributed by atoms with Crippen LogP contribution < -0.4 is 10.6 Å². The Hall–Kier alpha value is -1.46. The van der Waals surface area contributed by atoms with E-state index in [1.165, 1.54) is 18.5 Å². The van der Waals surface area contributed by atoms with Crippen LogP contribution in [0.15, 0.2) is 24.5 Å². The summed E-state index contributed by atoms with van der Waals surface area (Å²) in [6, 6.07) is 5.09. The van der Waals surface area contributed by atoms with Crippen molar-refractivity contribution in [3.05, 3.63) is 30.1 Å². The van der Waals surface area contributed by atoms with Gasteiger partial charge in [0.15, 0.2) is 0 Å². The summed E-state index contributed by atoms with van der Waals surface area (Å²) >= 11 is 0. The first-order valence-electron chi connectivity index (χ1n) is 10.8. The molecule has 3 atom stereocenters. The smallest absolute Gasteiger partial charge is 0.220 e. The monoisotopic (exact) mass is 372 g/mol. The normalized spacial score (nSPS) is 25.5. The predicted octanol–water partition coefficient (Wildman–Crippen LogP) is 2.97. The SMILES string of the molecule is CCC(CC)NC(=O)CCC[C@H]1NC[C@@H]2C[C@@H]1CN(Cc1cccnc1)C2. The zero-order valence-corrected chi connectivity index (χ0v) is 17.0. The summed E-state index contributed by atoms with van der Waals surface area (Å²) in [5.41, 5.74) is 1.31. The van der Waals surface area contributed by atoms with Crippen molar-refractivity contribution < 1.29 is 4.79 Å². The highest BCUT2D eigenvalue weighted by atomic mass is 16.1. The molecule has 0 saturated carbocycles. The largest absolute Gasteiger partial charge is 0.353 e. The fraction of sp³-hybridized carbons (Fsp3) is 0.727. The lowest BCUT2D eigenvalue weighted by Crippen LogP contribution is -2.55. The molecule has 1 aromatic rings. The number of nitrogens with zero attached hydrogens (tertiary/aromatic N) is 2. The van der Waals surface area contributed by atoms with Crippen LogP contribution in [-0.2, 0) is 11.3 Å². The molecule has 0 aromatic carbocycles. The lowest BCUT2D eigenvalue weighted by molar-refractivity contribution is -0.122. The lowest BCUT2D eigenvalue weighted by Gasteiger charge is -2.46. The Morgan fingerprint density at radius 3 is 2.96 bits per heavy atom. The van der Waals surface area contributed by atoms with E-state index in [9.17, 15) is 4.79 Å². The second-order valence-corrected chi connectivity index (χ2v) is 8.41. The summed E-state index contributed by atoms with van der Waals surface area (Å²) in [4.78, 5) is 19.0. The van der Waals surface area contributed by atoms with Gasteiger partial charge in [-0.15, -0.1) is 0 Å². The molecular weight excluding hydrogens is 336 g/mol. The van der Waals surface area contributed by atoms with Gasteiger partial charge in [-0.1, -0.05) is 19.9 Å². The maximum absolute atomic E-state index is 12.1. The second kappa shape index (κ2) is 10.2. The molecule has 2 saturated heterocycles. The van der Waals surface area contributed by atoms with Gasteiger partial charge in [0.05, 0.1) is 0 Å². The highest BCUT2D eigenvalue weighted by molar-refractivity contribution is 5.76. The quantitative estimate of drug-likeness (QED) is 0.700. The number of fused-ring (bicyclic) bond motifs is 2. The number of hydrogen-bond acceptors (Lipinski definition) is 4. The van der Waals surface area contributed by atoms with Crippen LogP contribution in [-0.4, -0.2) is 47.5 Å². The van der Waals surface area contributed by atoms with Gasteiger partial charge in [-0.05, 0) is 62.1 Å².